The van der Waals surface area contributed by atoms with Crippen molar-refractivity contribution in [2.75, 3.05) is 18.6 Å². The Bertz CT molecular complexity index is 378. The number of ether oxygens (including phenoxy) is 1. The van der Waals surface area contributed by atoms with Gasteiger partial charge in [-0.05, 0) is 12.1 Å². The molecule has 4 heteroatoms. The minimum absolute atomic E-state index is 0.0456. The zero-order valence-electron chi connectivity index (χ0n) is 8.51. The Morgan fingerprint density at radius 2 is 2.33 bits per heavy atom. The van der Waals surface area contributed by atoms with E-state index >= 15 is 0 Å². The molecule has 15 heavy (non-hydrogen) atoms. The molecule has 1 aromatic carbocycles. The average Bonchev–Trinajstić information content (AvgIpc) is 2.58. The van der Waals surface area contributed by atoms with Crippen LogP contribution in [-0.2, 0) is 4.79 Å². The van der Waals surface area contributed by atoms with Crippen molar-refractivity contribution >= 4 is 11.6 Å². The smallest absolute Gasteiger partial charge is 0.229 e. The number of amides is 1. The quantitative estimate of drug-likeness (QED) is 0.780. The van der Waals surface area contributed by atoms with Crippen LogP contribution >= 0.6 is 0 Å². The first kappa shape index (κ1) is 9.98. The van der Waals surface area contributed by atoms with Crippen LogP contribution in [0.25, 0.3) is 0 Å². The lowest BCUT2D eigenvalue weighted by Gasteiger charge is -2.16. The Kier molecular flexibility index (Phi) is 2.60. The van der Waals surface area contributed by atoms with Gasteiger partial charge in [-0.3, -0.25) is 4.79 Å². The van der Waals surface area contributed by atoms with Gasteiger partial charge in [0.25, 0.3) is 0 Å². The van der Waals surface area contributed by atoms with Crippen LogP contribution in [0.3, 0.4) is 0 Å². The van der Waals surface area contributed by atoms with Crippen molar-refractivity contribution < 1.29 is 14.6 Å². The molecule has 1 amide bonds. The van der Waals surface area contributed by atoms with Gasteiger partial charge in [-0.25, -0.2) is 0 Å². The molecule has 0 radical (unpaired) electrons. The van der Waals surface area contributed by atoms with Crippen molar-refractivity contribution in [3.05, 3.63) is 24.3 Å². The third-order valence-electron chi connectivity index (χ3n) is 2.47. The molecule has 1 N–H and O–H groups in total. The summed E-state index contributed by atoms with van der Waals surface area (Å²) >= 11 is 0. The fourth-order valence-electron chi connectivity index (χ4n) is 1.72. The number of carbonyl (C=O) groups excluding carboxylic acids is 1. The fraction of sp³-hybridized carbons (Fsp3) is 0.364. The lowest BCUT2D eigenvalue weighted by molar-refractivity contribution is -0.117. The van der Waals surface area contributed by atoms with Crippen molar-refractivity contribution in [2.24, 2.45) is 0 Å². The molecule has 4 nitrogen and oxygen atoms in total. The minimum atomic E-state index is -0.552. The second-order valence-corrected chi connectivity index (χ2v) is 3.56. The zero-order chi connectivity index (χ0) is 10.8. The van der Waals surface area contributed by atoms with Crippen molar-refractivity contribution in [1.82, 2.24) is 0 Å². The summed E-state index contributed by atoms with van der Waals surface area (Å²) < 4.78 is 5.08. The molecule has 0 saturated carbocycles. The highest BCUT2D eigenvalue weighted by molar-refractivity contribution is 5.96. The SMILES string of the molecule is COc1cccc(N2CC(O)CC2=O)c1. The first-order valence-electron chi connectivity index (χ1n) is 4.83. The van der Waals surface area contributed by atoms with Crippen LogP contribution < -0.4 is 9.64 Å². The summed E-state index contributed by atoms with van der Waals surface area (Å²) in [6.07, 6.45) is -0.347. The van der Waals surface area contributed by atoms with Crippen LogP contribution in [0.1, 0.15) is 6.42 Å². The van der Waals surface area contributed by atoms with Gasteiger partial charge in [0.1, 0.15) is 5.75 Å². The molecule has 1 atom stereocenters. The Morgan fingerprint density at radius 3 is 2.93 bits per heavy atom. The van der Waals surface area contributed by atoms with Crippen LogP contribution in [-0.4, -0.2) is 30.8 Å². The number of carbonyl (C=O) groups is 1. The third-order valence-corrected chi connectivity index (χ3v) is 2.47. The fourth-order valence-corrected chi connectivity index (χ4v) is 1.72. The van der Waals surface area contributed by atoms with Gasteiger partial charge in [0.05, 0.1) is 26.2 Å². The average molecular weight is 207 g/mol. The summed E-state index contributed by atoms with van der Waals surface area (Å²) in [4.78, 5) is 13.1. The summed E-state index contributed by atoms with van der Waals surface area (Å²) in [6, 6.07) is 7.26. The molecule has 2 rings (SSSR count). The van der Waals surface area contributed by atoms with Crippen LogP contribution in [0.5, 0.6) is 5.75 Å². The molecule has 1 heterocycles. The van der Waals surface area contributed by atoms with E-state index in [1.807, 2.05) is 18.2 Å². The highest BCUT2D eigenvalue weighted by Gasteiger charge is 2.29. The second-order valence-electron chi connectivity index (χ2n) is 3.56. The number of hydrogen-bond donors (Lipinski definition) is 1. The lowest BCUT2D eigenvalue weighted by atomic mass is 10.3. The summed E-state index contributed by atoms with van der Waals surface area (Å²) in [5, 5.41) is 9.36. The Morgan fingerprint density at radius 1 is 1.53 bits per heavy atom. The van der Waals surface area contributed by atoms with Gasteiger partial charge in [-0.1, -0.05) is 6.07 Å². The molecule has 1 aliphatic rings. The number of nitrogens with zero attached hydrogens (tertiary/aromatic N) is 1. The number of aliphatic hydroxyl groups is 1. The number of hydrogen-bond acceptors (Lipinski definition) is 3. The molecule has 1 unspecified atom stereocenters. The molecule has 1 aliphatic heterocycles. The molecule has 1 fully saturated rings. The van der Waals surface area contributed by atoms with E-state index in [9.17, 15) is 9.90 Å². The topological polar surface area (TPSA) is 49.8 Å². The molecule has 80 valence electrons. The first-order valence-corrected chi connectivity index (χ1v) is 4.83. The number of anilines is 1. The summed E-state index contributed by atoms with van der Waals surface area (Å²) in [7, 11) is 1.58. The van der Waals surface area contributed by atoms with Crippen molar-refractivity contribution in [1.29, 1.82) is 0 Å². The van der Waals surface area contributed by atoms with E-state index < -0.39 is 6.10 Å². The molecule has 0 spiro atoms. The Balaban J connectivity index is 2.25. The van der Waals surface area contributed by atoms with Crippen LogP contribution in [0, 0.1) is 0 Å². The number of benzene rings is 1. The second kappa shape index (κ2) is 3.90. The Labute approximate surface area is 88.1 Å². The third kappa shape index (κ3) is 1.94. The molecule has 0 bridgehead atoms. The maximum absolute atomic E-state index is 11.5. The highest BCUT2D eigenvalue weighted by Crippen LogP contribution is 2.25. The molecule has 0 aliphatic carbocycles. The van der Waals surface area contributed by atoms with E-state index in [1.165, 1.54) is 0 Å². The van der Waals surface area contributed by atoms with Crippen molar-refractivity contribution in [2.45, 2.75) is 12.5 Å². The van der Waals surface area contributed by atoms with E-state index in [1.54, 1.807) is 18.1 Å². The van der Waals surface area contributed by atoms with Gasteiger partial charge < -0.3 is 14.7 Å². The standard InChI is InChI=1S/C11H13NO3/c1-15-10-4-2-3-8(5-10)12-7-9(13)6-11(12)14/h2-5,9,13H,6-7H2,1H3. The largest absolute Gasteiger partial charge is 0.497 e. The Hall–Kier alpha value is -1.55. The molecular formula is C11H13NO3. The number of β-amino-alcohol motifs (C(OH)–C–C–N with tert-alkyl or cyclic N) is 1. The van der Waals surface area contributed by atoms with E-state index in [0.29, 0.717) is 12.3 Å². The minimum Gasteiger partial charge on any atom is -0.497 e. The van der Waals surface area contributed by atoms with Gasteiger partial charge in [0, 0.05) is 11.8 Å². The predicted octanol–water partition coefficient (Wildman–Crippen LogP) is 0.793. The van der Waals surface area contributed by atoms with Gasteiger partial charge in [-0.2, -0.15) is 0 Å². The van der Waals surface area contributed by atoms with E-state index in [-0.39, 0.29) is 12.3 Å². The van der Waals surface area contributed by atoms with E-state index in [4.69, 9.17) is 4.74 Å². The number of rotatable bonds is 2. The number of aliphatic hydroxyl groups excluding tert-OH is 1. The van der Waals surface area contributed by atoms with Crippen molar-refractivity contribution in [3.8, 4) is 5.75 Å². The first-order chi connectivity index (χ1) is 7.20. The maximum Gasteiger partial charge on any atom is 0.229 e. The van der Waals surface area contributed by atoms with Crippen LogP contribution in [0.15, 0.2) is 24.3 Å². The van der Waals surface area contributed by atoms with Crippen LogP contribution in [0.2, 0.25) is 0 Å². The predicted molar refractivity (Wildman–Crippen MR) is 56.0 cm³/mol. The van der Waals surface area contributed by atoms with Crippen LogP contribution in [0.4, 0.5) is 5.69 Å². The molecule has 1 aromatic rings. The molecule has 0 aromatic heterocycles. The van der Waals surface area contributed by atoms with Gasteiger partial charge in [0.2, 0.25) is 5.91 Å². The number of methoxy groups -OCH3 is 1. The van der Waals surface area contributed by atoms with E-state index in [0.717, 1.165) is 5.69 Å². The van der Waals surface area contributed by atoms with Gasteiger partial charge in [-0.15, -0.1) is 0 Å². The summed E-state index contributed by atoms with van der Waals surface area (Å²) in [6.45, 7) is 0.367. The summed E-state index contributed by atoms with van der Waals surface area (Å²) in [5.41, 5.74) is 0.774. The van der Waals surface area contributed by atoms with Crippen molar-refractivity contribution in [3.63, 3.8) is 0 Å². The highest BCUT2D eigenvalue weighted by atomic mass is 16.5. The summed E-state index contributed by atoms with van der Waals surface area (Å²) in [5.74, 6) is 0.664. The maximum atomic E-state index is 11.5. The molecular weight excluding hydrogens is 194 g/mol. The van der Waals surface area contributed by atoms with Gasteiger partial charge >= 0.3 is 0 Å². The normalized spacial score (nSPS) is 20.8. The lowest BCUT2D eigenvalue weighted by Crippen LogP contribution is -2.25. The van der Waals surface area contributed by atoms with Gasteiger partial charge in [0.15, 0.2) is 0 Å². The van der Waals surface area contributed by atoms with E-state index in [2.05, 4.69) is 0 Å². The monoisotopic (exact) mass is 207 g/mol. The molecule has 1 saturated heterocycles. The zero-order valence-corrected chi connectivity index (χ0v) is 8.51.